The lowest BCUT2D eigenvalue weighted by molar-refractivity contribution is -0.128. The quantitative estimate of drug-likeness (QED) is 0.819. The van der Waals surface area contributed by atoms with Gasteiger partial charge >= 0.3 is 0 Å². The largest absolute Gasteiger partial charge is 0.338 e. The standard InChI is InChI=1S/C20H21ClN2O2/c1-22(13-15-6-10-18(21)11-7-15)20(25)17-8-4-16(5-9-17)14-23-12-2-3-19(23)24/h4-11H,2-3,12-14H2,1H3. The van der Waals surface area contributed by atoms with E-state index in [9.17, 15) is 9.59 Å². The van der Waals surface area contributed by atoms with Crippen LogP contribution in [-0.2, 0) is 17.9 Å². The average molecular weight is 357 g/mol. The highest BCUT2D eigenvalue weighted by atomic mass is 35.5. The highest BCUT2D eigenvalue weighted by Crippen LogP contribution is 2.16. The van der Waals surface area contributed by atoms with Gasteiger partial charge in [0.15, 0.2) is 0 Å². The smallest absolute Gasteiger partial charge is 0.253 e. The number of nitrogens with zero attached hydrogens (tertiary/aromatic N) is 2. The van der Waals surface area contributed by atoms with Crippen LogP contribution in [-0.4, -0.2) is 35.2 Å². The molecule has 0 aliphatic carbocycles. The van der Waals surface area contributed by atoms with E-state index in [1.807, 2.05) is 53.4 Å². The molecule has 0 atom stereocenters. The van der Waals surface area contributed by atoms with Crippen LogP contribution in [0.4, 0.5) is 0 Å². The lowest BCUT2D eigenvalue weighted by atomic mass is 10.1. The van der Waals surface area contributed by atoms with Crippen LogP contribution in [0.5, 0.6) is 0 Å². The molecule has 1 saturated heterocycles. The molecule has 0 spiro atoms. The van der Waals surface area contributed by atoms with Crippen molar-refractivity contribution < 1.29 is 9.59 Å². The van der Waals surface area contributed by atoms with Gasteiger partial charge in [0.25, 0.3) is 5.91 Å². The van der Waals surface area contributed by atoms with Gasteiger partial charge in [-0.15, -0.1) is 0 Å². The fraction of sp³-hybridized carbons (Fsp3) is 0.300. The van der Waals surface area contributed by atoms with Crippen LogP contribution in [0.3, 0.4) is 0 Å². The van der Waals surface area contributed by atoms with E-state index in [1.165, 1.54) is 0 Å². The summed E-state index contributed by atoms with van der Waals surface area (Å²) in [4.78, 5) is 27.8. The molecule has 1 fully saturated rings. The Morgan fingerprint density at radius 2 is 1.72 bits per heavy atom. The summed E-state index contributed by atoms with van der Waals surface area (Å²) < 4.78 is 0. The number of hydrogen-bond acceptors (Lipinski definition) is 2. The minimum absolute atomic E-state index is 0.0289. The maximum absolute atomic E-state index is 12.6. The normalized spacial score (nSPS) is 14.0. The Kier molecular flexibility index (Phi) is 5.39. The summed E-state index contributed by atoms with van der Waals surface area (Å²) in [7, 11) is 1.79. The summed E-state index contributed by atoms with van der Waals surface area (Å²) >= 11 is 5.89. The number of likely N-dealkylation sites (tertiary alicyclic amines) is 1. The molecule has 3 rings (SSSR count). The number of rotatable bonds is 5. The van der Waals surface area contributed by atoms with E-state index in [2.05, 4.69) is 0 Å². The van der Waals surface area contributed by atoms with Crippen molar-refractivity contribution in [3.8, 4) is 0 Å². The van der Waals surface area contributed by atoms with Gasteiger partial charge in [-0.05, 0) is 41.8 Å². The lowest BCUT2D eigenvalue weighted by Crippen LogP contribution is -2.26. The van der Waals surface area contributed by atoms with Crippen molar-refractivity contribution in [3.05, 3.63) is 70.2 Å². The molecule has 4 nitrogen and oxygen atoms in total. The molecule has 1 aliphatic heterocycles. The molecule has 2 amide bonds. The number of halogens is 1. The van der Waals surface area contributed by atoms with Gasteiger partial charge in [0.2, 0.25) is 5.91 Å². The van der Waals surface area contributed by atoms with E-state index < -0.39 is 0 Å². The monoisotopic (exact) mass is 356 g/mol. The van der Waals surface area contributed by atoms with E-state index in [-0.39, 0.29) is 11.8 Å². The molecular weight excluding hydrogens is 336 g/mol. The summed E-state index contributed by atoms with van der Waals surface area (Å²) in [6.07, 6.45) is 1.58. The fourth-order valence-electron chi connectivity index (χ4n) is 3.00. The molecule has 2 aromatic rings. The minimum atomic E-state index is -0.0289. The molecule has 1 heterocycles. The van der Waals surface area contributed by atoms with Gasteiger partial charge in [0.1, 0.15) is 0 Å². The first-order valence-electron chi connectivity index (χ1n) is 8.39. The molecule has 2 aromatic carbocycles. The number of benzene rings is 2. The second kappa shape index (κ2) is 7.70. The van der Waals surface area contributed by atoms with Crippen LogP contribution in [0.25, 0.3) is 0 Å². The van der Waals surface area contributed by atoms with Crippen molar-refractivity contribution in [2.75, 3.05) is 13.6 Å². The molecule has 0 N–H and O–H groups in total. The maximum atomic E-state index is 12.6. The number of amides is 2. The van der Waals surface area contributed by atoms with Crippen LogP contribution in [0.15, 0.2) is 48.5 Å². The second-order valence-corrected chi connectivity index (χ2v) is 6.84. The molecule has 0 unspecified atom stereocenters. The maximum Gasteiger partial charge on any atom is 0.253 e. The zero-order chi connectivity index (χ0) is 17.8. The molecule has 0 radical (unpaired) electrons. The Balaban J connectivity index is 1.61. The van der Waals surface area contributed by atoms with E-state index in [0.29, 0.717) is 30.1 Å². The third kappa shape index (κ3) is 4.40. The van der Waals surface area contributed by atoms with Crippen molar-refractivity contribution in [1.29, 1.82) is 0 Å². The SMILES string of the molecule is CN(Cc1ccc(Cl)cc1)C(=O)c1ccc(CN2CCCC2=O)cc1. The Morgan fingerprint density at radius 3 is 2.32 bits per heavy atom. The van der Waals surface area contributed by atoms with E-state index >= 15 is 0 Å². The molecule has 5 heteroatoms. The fourth-order valence-corrected chi connectivity index (χ4v) is 3.13. The number of carbonyl (C=O) groups excluding carboxylic acids is 2. The first-order chi connectivity index (χ1) is 12.0. The van der Waals surface area contributed by atoms with Crippen LogP contribution in [0.2, 0.25) is 5.02 Å². The summed E-state index contributed by atoms with van der Waals surface area (Å²) in [6, 6.07) is 15.0. The van der Waals surface area contributed by atoms with Crippen LogP contribution in [0, 0.1) is 0 Å². The predicted octanol–water partition coefficient (Wildman–Crippen LogP) is 3.73. The second-order valence-electron chi connectivity index (χ2n) is 6.40. The average Bonchev–Trinajstić information content (AvgIpc) is 3.02. The van der Waals surface area contributed by atoms with Gasteiger partial charge in [-0.2, -0.15) is 0 Å². The van der Waals surface area contributed by atoms with Crippen molar-refractivity contribution in [3.63, 3.8) is 0 Å². The predicted molar refractivity (Wildman–Crippen MR) is 98.3 cm³/mol. The molecule has 0 aromatic heterocycles. The molecule has 25 heavy (non-hydrogen) atoms. The zero-order valence-corrected chi connectivity index (χ0v) is 15.0. The number of carbonyl (C=O) groups is 2. The Bertz CT molecular complexity index is 756. The Morgan fingerprint density at radius 1 is 1.08 bits per heavy atom. The third-order valence-corrected chi connectivity index (χ3v) is 4.68. The Labute approximate surface area is 153 Å². The Hall–Kier alpha value is -2.33. The van der Waals surface area contributed by atoms with Gasteiger partial charge in [-0.25, -0.2) is 0 Å². The van der Waals surface area contributed by atoms with Gasteiger partial charge in [0, 0.05) is 43.7 Å². The van der Waals surface area contributed by atoms with Crippen molar-refractivity contribution in [2.24, 2.45) is 0 Å². The van der Waals surface area contributed by atoms with Crippen LogP contribution in [0.1, 0.15) is 34.3 Å². The van der Waals surface area contributed by atoms with E-state index in [1.54, 1.807) is 11.9 Å². The highest BCUT2D eigenvalue weighted by Gasteiger charge is 2.20. The van der Waals surface area contributed by atoms with Gasteiger partial charge in [0.05, 0.1) is 0 Å². The molecule has 130 valence electrons. The van der Waals surface area contributed by atoms with E-state index in [4.69, 9.17) is 11.6 Å². The zero-order valence-electron chi connectivity index (χ0n) is 14.2. The van der Waals surface area contributed by atoms with Gasteiger partial charge in [-0.3, -0.25) is 9.59 Å². The summed E-state index contributed by atoms with van der Waals surface area (Å²) in [5, 5.41) is 0.685. The first-order valence-corrected chi connectivity index (χ1v) is 8.77. The molecule has 0 bridgehead atoms. The lowest BCUT2D eigenvalue weighted by Gasteiger charge is -2.18. The van der Waals surface area contributed by atoms with Crippen LogP contribution < -0.4 is 0 Å². The summed E-state index contributed by atoms with van der Waals surface area (Å²) in [5.74, 6) is 0.182. The van der Waals surface area contributed by atoms with Crippen molar-refractivity contribution >= 4 is 23.4 Å². The highest BCUT2D eigenvalue weighted by molar-refractivity contribution is 6.30. The summed E-state index contributed by atoms with van der Waals surface area (Å²) in [5.41, 5.74) is 2.73. The number of hydrogen-bond donors (Lipinski definition) is 0. The van der Waals surface area contributed by atoms with Gasteiger partial charge < -0.3 is 9.80 Å². The molecule has 1 aliphatic rings. The topological polar surface area (TPSA) is 40.6 Å². The third-order valence-electron chi connectivity index (χ3n) is 4.43. The first kappa shape index (κ1) is 17.5. The molecule has 0 saturated carbocycles. The van der Waals surface area contributed by atoms with Crippen LogP contribution >= 0.6 is 11.6 Å². The van der Waals surface area contributed by atoms with Gasteiger partial charge in [-0.1, -0.05) is 35.9 Å². The summed E-state index contributed by atoms with van der Waals surface area (Å²) in [6.45, 7) is 1.97. The van der Waals surface area contributed by atoms with Crippen molar-refractivity contribution in [1.82, 2.24) is 9.80 Å². The molecular formula is C20H21ClN2O2. The van der Waals surface area contributed by atoms with E-state index in [0.717, 1.165) is 24.1 Å². The van der Waals surface area contributed by atoms with Crippen molar-refractivity contribution in [2.45, 2.75) is 25.9 Å². The minimum Gasteiger partial charge on any atom is -0.338 e.